The van der Waals surface area contributed by atoms with Crippen molar-refractivity contribution in [1.82, 2.24) is 0 Å². The number of benzene rings is 10. The van der Waals surface area contributed by atoms with Crippen molar-refractivity contribution in [3.8, 4) is 23.0 Å². The van der Waals surface area contributed by atoms with Crippen molar-refractivity contribution in [1.29, 1.82) is 0 Å². The minimum Gasteiger partial charge on any atom is -0.873 e. The third-order valence-corrected chi connectivity index (χ3v) is 27.9. The average Bonchev–Trinajstić information content (AvgIpc) is 0.802. The summed E-state index contributed by atoms with van der Waals surface area (Å²) in [6.07, 6.45) is 5.04. The fourth-order valence-electron chi connectivity index (χ4n) is 10.6. The molecule has 98 heavy (non-hydrogen) atoms. The van der Waals surface area contributed by atoms with Crippen LogP contribution in [0.4, 0.5) is 0 Å². The third kappa shape index (κ3) is 30.7. The van der Waals surface area contributed by atoms with Gasteiger partial charge in [-0.25, -0.2) is 0 Å². The number of alkyl halides is 6. The van der Waals surface area contributed by atoms with E-state index in [9.17, 15) is 20.4 Å². The molecule has 0 radical (unpaired) electrons. The molecule has 4 nitrogen and oxygen atoms in total. The first-order valence-corrected chi connectivity index (χ1v) is 41.6. The summed E-state index contributed by atoms with van der Waals surface area (Å²) < 4.78 is -1.50. The fourth-order valence-corrected chi connectivity index (χ4v) is 23.0. The van der Waals surface area contributed by atoms with E-state index in [-0.39, 0.29) is 75.3 Å². The van der Waals surface area contributed by atoms with E-state index in [4.69, 9.17) is 69.6 Å². The summed E-state index contributed by atoms with van der Waals surface area (Å²) in [5.41, 5.74) is 2.33. The Morgan fingerprint density at radius 3 is 0.520 bits per heavy atom. The zero-order valence-electron chi connectivity index (χ0n) is 57.9. The maximum Gasteiger partial charge on any atom is 2.00 e. The topological polar surface area (TPSA) is 92.2 Å². The second-order valence-electron chi connectivity index (χ2n) is 27.0. The van der Waals surface area contributed by atoms with Crippen LogP contribution in [0.3, 0.4) is 0 Å². The normalized spacial score (nSPS) is 11.3. The summed E-state index contributed by atoms with van der Waals surface area (Å²) in [6, 6.07) is 95.7. The molecule has 0 aliphatic carbocycles. The van der Waals surface area contributed by atoms with Crippen LogP contribution in [0.25, 0.3) is 0 Å². The molecule has 0 amide bonds. The second kappa shape index (κ2) is 44.0. The van der Waals surface area contributed by atoms with E-state index in [1.54, 1.807) is 0 Å². The molecule has 0 aromatic heterocycles. The monoisotopic (exact) mass is 1870 g/mol. The van der Waals surface area contributed by atoms with Gasteiger partial charge in [-0.1, -0.05) is 334 Å². The van der Waals surface area contributed by atoms with Crippen LogP contribution in [0.2, 0.25) is 0 Å². The summed E-state index contributed by atoms with van der Waals surface area (Å²) in [5, 5.41) is 59.0. The van der Waals surface area contributed by atoms with Crippen LogP contribution in [0, 0.1) is 0 Å². The first-order valence-electron chi connectivity index (χ1n) is 32.1. The van der Waals surface area contributed by atoms with Gasteiger partial charge in [0, 0.05) is 0 Å². The molecule has 0 spiro atoms. The molecule has 524 valence electrons. The van der Waals surface area contributed by atoms with Crippen molar-refractivity contribution in [2.45, 2.75) is 113 Å². The molecular weight excluding hydrogens is 1780 g/mol. The van der Waals surface area contributed by atoms with E-state index in [0.717, 1.165) is 11.1 Å². The summed E-state index contributed by atoms with van der Waals surface area (Å²) in [7, 11) is -3.13. The van der Waals surface area contributed by atoms with Gasteiger partial charge >= 0.3 is 42.1 Å². The van der Waals surface area contributed by atoms with E-state index < -0.39 is 51.8 Å². The maximum absolute atomic E-state index is 11.8. The molecule has 0 fully saturated rings. The van der Waals surface area contributed by atoms with Crippen LogP contribution in [-0.4, -0.2) is 33.2 Å². The molecule has 0 atom stereocenters. The van der Waals surface area contributed by atoms with Gasteiger partial charge in [-0.2, -0.15) is 0 Å². The molecule has 0 aliphatic heterocycles. The van der Waals surface area contributed by atoms with E-state index >= 15 is 0 Å². The Morgan fingerprint density at radius 1 is 0.255 bits per heavy atom. The predicted molar refractivity (Wildman–Crippen MR) is 429 cm³/mol. The quantitative estimate of drug-likeness (QED) is 0.0801. The van der Waals surface area contributed by atoms with Crippen LogP contribution in [0.15, 0.2) is 267 Å². The zero-order valence-corrected chi connectivity index (χ0v) is 71.0. The van der Waals surface area contributed by atoms with Gasteiger partial charge in [0.25, 0.3) is 0 Å². The van der Waals surface area contributed by atoms with E-state index in [1.165, 1.54) is 79.2 Å². The molecule has 0 aliphatic rings. The molecule has 16 heteroatoms. The van der Waals surface area contributed by atoms with Crippen molar-refractivity contribution >= 4 is 144 Å². The molecule has 0 N–H and O–H groups in total. The first kappa shape index (κ1) is 88.5. The van der Waals surface area contributed by atoms with E-state index in [2.05, 4.69) is 243 Å². The van der Waals surface area contributed by atoms with Crippen LogP contribution in [0.1, 0.15) is 105 Å². The van der Waals surface area contributed by atoms with Gasteiger partial charge in [-0.05, 0) is 130 Å². The fraction of sp³-hybridized carbons (Fsp3) is 0.268. The van der Waals surface area contributed by atoms with Gasteiger partial charge in [0.05, 0.1) is 74.1 Å². The SMILES string of the molecule is CC(C)(C)c1cc([O-])c([O-])c(C(C)(C)C)c1.CC(C)(C)c1cc([O-])c([O-])c(C(C)(C)C)c1.ClC(Cl)Cl.ClC(Cl)Cl.[Pt+2].[Pt+2].c1ccc([PH+](CC[PH+](c2ccccc2)c2ccccc2)c2ccccc2)cc1.c1ccc([PH+](CC[PH+](c2ccccc2)c2ccccc2)c2ccccc2)cc1. The van der Waals surface area contributed by atoms with Crippen LogP contribution in [0.5, 0.6) is 23.0 Å². The molecular formula is C82H94Cl6O4P4Pt2+4. The standard InChI is InChI=1S/2C26H24P2.2C14H22O2.2CHCl3.2Pt/c2*1-5-13-23(14-6-1)27(24-15-7-2-8-16-24)21-22-28(25-17-9-3-10-18-25)26-19-11-4-12-20-26;2*1-13(2,3)9-7-10(14(4,5)6)12(16)11(15)8-9;2*2-1(3)4;;/h2*1-20H,21-22H2;2*7-8,15-16H,1-6H3;2*1H;;/q;;;;;;2*+2. The van der Waals surface area contributed by atoms with Crippen LogP contribution in [-0.2, 0) is 63.8 Å². The minimum absolute atomic E-state index is 0. The summed E-state index contributed by atoms with van der Waals surface area (Å²) in [5.74, 6) is -1.50. The third-order valence-electron chi connectivity index (χ3n) is 15.7. The van der Waals surface area contributed by atoms with Gasteiger partial charge in [0.1, 0.15) is 24.6 Å². The van der Waals surface area contributed by atoms with Crippen molar-refractivity contribution in [3.05, 3.63) is 289 Å². The van der Waals surface area contributed by atoms with Crippen molar-refractivity contribution in [3.63, 3.8) is 0 Å². The van der Waals surface area contributed by atoms with Crippen molar-refractivity contribution in [2.24, 2.45) is 0 Å². The smallest absolute Gasteiger partial charge is 0.873 e. The Morgan fingerprint density at radius 2 is 0.398 bits per heavy atom. The van der Waals surface area contributed by atoms with Gasteiger partial charge in [-0.15, -0.1) is 23.0 Å². The van der Waals surface area contributed by atoms with E-state index in [1.807, 2.05) is 95.2 Å². The Labute approximate surface area is 650 Å². The summed E-state index contributed by atoms with van der Waals surface area (Å²) in [4.78, 5) is 0. The Bertz CT molecular complexity index is 3210. The zero-order chi connectivity index (χ0) is 70.6. The molecule has 10 rings (SSSR count). The number of hydrogen-bond donors (Lipinski definition) is 0. The van der Waals surface area contributed by atoms with Gasteiger partial charge < -0.3 is 20.4 Å². The maximum atomic E-state index is 11.8. The van der Waals surface area contributed by atoms with Gasteiger partial charge in [0.2, 0.25) is 0 Å². The predicted octanol–water partition coefficient (Wildman–Crippen LogP) is 18.3. The van der Waals surface area contributed by atoms with Gasteiger partial charge in [-0.3, -0.25) is 0 Å². The first-order chi connectivity index (χ1) is 45.4. The van der Waals surface area contributed by atoms with Crippen molar-refractivity contribution < 1.29 is 62.6 Å². The molecule has 10 aromatic rings. The van der Waals surface area contributed by atoms with E-state index in [0.29, 0.717) is 11.1 Å². The molecule has 0 bridgehead atoms. The molecule has 0 heterocycles. The molecule has 0 unspecified atom stereocenters. The van der Waals surface area contributed by atoms with Crippen LogP contribution < -0.4 is 62.9 Å². The second-order valence-corrected chi connectivity index (χ2v) is 41.4. The Hall–Kier alpha value is -3.76. The Kier molecular flexibility index (Phi) is 39.7. The molecule has 10 aromatic carbocycles. The minimum atomic E-state index is -0.783. The van der Waals surface area contributed by atoms with Gasteiger partial charge in [0.15, 0.2) is 8.59 Å². The number of halogens is 6. The largest absolute Gasteiger partial charge is 2.00 e. The molecule has 0 saturated carbocycles. The summed E-state index contributed by atoms with van der Waals surface area (Å²) >= 11 is 28.8. The number of hydrogen-bond acceptors (Lipinski definition) is 4. The molecule has 0 saturated heterocycles. The summed E-state index contributed by atoms with van der Waals surface area (Å²) in [6.45, 7) is 24.0. The van der Waals surface area contributed by atoms with Crippen molar-refractivity contribution in [2.75, 3.05) is 24.6 Å². The van der Waals surface area contributed by atoms with Crippen LogP contribution >= 0.6 is 101 Å². The Balaban J connectivity index is 0.000000335. The average molecular weight is 1870 g/mol. The number of rotatable bonds is 14.